The van der Waals surface area contributed by atoms with Gasteiger partial charge in [0.15, 0.2) is 0 Å². The number of carbonyl (C=O) groups is 1. The third-order valence-corrected chi connectivity index (χ3v) is 2.26. The van der Waals surface area contributed by atoms with Crippen LogP contribution in [0.1, 0.15) is 5.56 Å². The van der Waals surface area contributed by atoms with E-state index in [9.17, 15) is 9.18 Å². The number of nitrogens with zero attached hydrogens (tertiary/aromatic N) is 2. The number of hydrogen-bond acceptors (Lipinski definition) is 3. The average Bonchev–Trinajstić information content (AvgIpc) is 2.45. The van der Waals surface area contributed by atoms with E-state index in [4.69, 9.17) is 5.73 Å². The monoisotopic (exact) mass is 274 g/mol. The summed E-state index contributed by atoms with van der Waals surface area (Å²) >= 11 is 0. The molecular formula is C14H15FN4O. The van der Waals surface area contributed by atoms with E-state index in [0.717, 1.165) is 6.08 Å². The molecule has 0 bridgehead atoms. The maximum Gasteiger partial charge on any atom is 0.247 e. The highest BCUT2D eigenvalue weighted by Gasteiger charge is 2.12. The number of carbonyl (C=O) groups excluding carboxylic acids is 1. The Labute approximate surface area is 116 Å². The largest absolute Gasteiger partial charge is 0.383 e. The van der Waals surface area contributed by atoms with Gasteiger partial charge in [0, 0.05) is 11.8 Å². The van der Waals surface area contributed by atoms with Gasteiger partial charge >= 0.3 is 0 Å². The van der Waals surface area contributed by atoms with E-state index in [1.165, 1.54) is 24.4 Å². The minimum Gasteiger partial charge on any atom is -0.383 e. The zero-order valence-electron chi connectivity index (χ0n) is 10.8. The van der Waals surface area contributed by atoms with Gasteiger partial charge in [0.05, 0.1) is 5.69 Å². The maximum atomic E-state index is 13.7. The van der Waals surface area contributed by atoms with Crippen molar-refractivity contribution in [3.63, 3.8) is 0 Å². The van der Waals surface area contributed by atoms with Crippen molar-refractivity contribution in [1.82, 2.24) is 0 Å². The quantitative estimate of drug-likeness (QED) is 0.472. The SMILES string of the molecule is C=CC=NCN=C(N)c1cccc(F)c1NC(=O)C=C. The Morgan fingerprint density at radius 3 is 2.85 bits per heavy atom. The first kappa shape index (κ1) is 15.3. The highest BCUT2D eigenvalue weighted by Crippen LogP contribution is 2.19. The number of hydrogen-bond donors (Lipinski definition) is 2. The van der Waals surface area contributed by atoms with E-state index in [-0.39, 0.29) is 23.8 Å². The van der Waals surface area contributed by atoms with Gasteiger partial charge < -0.3 is 11.1 Å². The Morgan fingerprint density at radius 2 is 2.20 bits per heavy atom. The molecule has 6 heteroatoms. The van der Waals surface area contributed by atoms with Crippen LogP contribution >= 0.6 is 0 Å². The summed E-state index contributed by atoms with van der Waals surface area (Å²) in [4.78, 5) is 19.1. The maximum absolute atomic E-state index is 13.7. The molecule has 0 spiro atoms. The Kier molecular flexibility index (Phi) is 5.83. The fourth-order valence-electron chi connectivity index (χ4n) is 1.36. The van der Waals surface area contributed by atoms with Gasteiger partial charge in [0.1, 0.15) is 18.3 Å². The van der Waals surface area contributed by atoms with Crippen LogP contribution in [0.25, 0.3) is 0 Å². The van der Waals surface area contributed by atoms with Crippen LogP contribution in [0.3, 0.4) is 0 Å². The summed E-state index contributed by atoms with van der Waals surface area (Å²) in [6.45, 7) is 6.86. The molecule has 0 unspecified atom stereocenters. The van der Waals surface area contributed by atoms with E-state index in [1.807, 2.05) is 0 Å². The number of halogens is 1. The third kappa shape index (κ3) is 4.16. The smallest absolute Gasteiger partial charge is 0.247 e. The van der Waals surface area contributed by atoms with Gasteiger partial charge in [-0.3, -0.25) is 9.79 Å². The number of rotatable bonds is 6. The summed E-state index contributed by atoms with van der Waals surface area (Å²) in [5.41, 5.74) is 6.02. The van der Waals surface area contributed by atoms with Crippen LogP contribution in [0.2, 0.25) is 0 Å². The van der Waals surface area contributed by atoms with Crippen molar-refractivity contribution in [2.24, 2.45) is 15.7 Å². The predicted octanol–water partition coefficient (Wildman–Crippen LogP) is 1.87. The molecule has 0 saturated carbocycles. The molecular weight excluding hydrogens is 259 g/mol. The van der Waals surface area contributed by atoms with Gasteiger partial charge in [-0.05, 0) is 18.2 Å². The van der Waals surface area contributed by atoms with Crippen molar-refractivity contribution in [2.45, 2.75) is 0 Å². The van der Waals surface area contributed by atoms with Gasteiger partial charge in [-0.15, -0.1) is 0 Å². The Morgan fingerprint density at radius 1 is 1.45 bits per heavy atom. The highest BCUT2D eigenvalue weighted by molar-refractivity contribution is 6.07. The molecule has 0 saturated heterocycles. The predicted molar refractivity (Wildman–Crippen MR) is 79.5 cm³/mol. The molecule has 1 aromatic carbocycles. The molecule has 0 aliphatic heterocycles. The van der Waals surface area contributed by atoms with Crippen LogP contribution < -0.4 is 11.1 Å². The number of nitrogens with two attached hydrogens (primary N) is 1. The number of benzene rings is 1. The molecule has 0 fully saturated rings. The third-order valence-electron chi connectivity index (χ3n) is 2.26. The van der Waals surface area contributed by atoms with Crippen LogP contribution in [0.5, 0.6) is 0 Å². The van der Waals surface area contributed by atoms with Crippen LogP contribution in [0.15, 0.2) is 53.5 Å². The van der Waals surface area contributed by atoms with Gasteiger partial charge in [0.2, 0.25) is 5.91 Å². The van der Waals surface area contributed by atoms with Crippen molar-refractivity contribution in [2.75, 3.05) is 12.0 Å². The molecule has 0 heterocycles. The molecule has 1 aromatic rings. The van der Waals surface area contributed by atoms with Gasteiger partial charge in [-0.25, -0.2) is 9.38 Å². The summed E-state index contributed by atoms with van der Waals surface area (Å²) in [5.74, 6) is -1.07. The normalized spacial score (nSPS) is 11.3. The summed E-state index contributed by atoms with van der Waals surface area (Å²) in [7, 11) is 0. The Balaban J connectivity index is 3.07. The van der Waals surface area contributed by atoms with E-state index >= 15 is 0 Å². The second-order valence-electron chi connectivity index (χ2n) is 3.61. The molecule has 0 aromatic heterocycles. The summed E-state index contributed by atoms with van der Waals surface area (Å²) in [6.07, 6.45) is 4.02. The Hall–Kier alpha value is -2.76. The molecule has 0 radical (unpaired) electrons. The second kappa shape index (κ2) is 7.63. The number of nitrogens with one attached hydrogen (secondary N) is 1. The fourth-order valence-corrected chi connectivity index (χ4v) is 1.36. The topological polar surface area (TPSA) is 79.8 Å². The lowest BCUT2D eigenvalue weighted by Crippen LogP contribution is -2.19. The molecule has 0 aliphatic carbocycles. The number of para-hydroxylation sites is 1. The minimum absolute atomic E-state index is 0.0358. The summed E-state index contributed by atoms with van der Waals surface area (Å²) in [5, 5.41) is 2.36. The average molecular weight is 274 g/mol. The zero-order valence-corrected chi connectivity index (χ0v) is 10.8. The number of anilines is 1. The van der Waals surface area contributed by atoms with Crippen molar-refractivity contribution in [3.05, 3.63) is 54.9 Å². The lowest BCUT2D eigenvalue weighted by molar-refractivity contribution is -0.111. The highest BCUT2D eigenvalue weighted by atomic mass is 19.1. The number of amides is 1. The second-order valence-corrected chi connectivity index (χ2v) is 3.61. The molecule has 104 valence electrons. The van der Waals surface area contributed by atoms with Crippen molar-refractivity contribution < 1.29 is 9.18 Å². The van der Waals surface area contributed by atoms with Crippen LogP contribution in [-0.4, -0.2) is 24.6 Å². The first-order valence-corrected chi connectivity index (χ1v) is 5.73. The van der Waals surface area contributed by atoms with Gasteiger partial charge in [0.25, 0.3) is 0 Å². The minimum atomic E-state index is -0.606. The zero-order chi connectivity index (χ0) is 15.0. The first-order valence-electron chi connectivity index (χ1n) is 5.73. The van der Waals surface area contributed by atoms with E-state index in [0.29, 0.717) is 0 Å². The van der Waals surface area contributed by atoms with Crippen molar-refractivity contribution >= 4 is 23.6 Å². The van der Waals surface area contributed by atoms with Crippen LogP contribution in [0.4, 0.5) is 10.1 Å². The molecule has 3 N–H and O–H groups in total. The van der Waals surface area contributed by atoms with Crippen molar-refractivity contribution in [1.29, 1.82) is 0 Å². The molecule has 5 nitrogen and oxygen atoms in total. The molecule has 0 aliphatic rings. The van der Waals surface area contributed by atoms with E-state index < -0.39 is 11.7 Å². The summed E-state index contributed by atoms with van der Waals surface area (Å²) in [6, 6.07) is 4.24. The van der Waals surface area contributed by atoms with Crippen molar-refractivity contribution in [3.8, 4) is 0 Å². The van der Waals surface area contributed by atoms with E-state index in [1.54, 1.807) is 6.07 Å². The van der Waals surface area contributed by atoms with Crippen LogP contribution in [-0.2, 0) is 4.79 Å². The van der Waals surface area contributed by atoms with E-state index in [2.05, 4.69) is 28.5 Å². The molecule has 20 heavy (non-hydrogen) atoms. The standard InChI is InChI=1S/C14H15FN4O/c1-3-8-17-9-18-14(16)10-6-5-7-11(15)13(10)19-12(20)4-2/h3-8H,1-2,9H2,(H2,16,18)(H,19,20). The summed E-state index contributed by atoms with van der Waals surface area (Å²) < 4.78 is 13.7. The lowest BCUT2D eigenvalue weighted by atomic mass is 10.1. The van der Waals surface area contributed by atoms with Gasteiger partial charge in [-0.1, -0.05) is 25.3 Å². The molecule has 1 rings (SSSR count). The van der Waals surface area contributed by atoms with Gasteiger partial charge in [-0.2, -0.15) is 0 Å². The number of aliphatic imine (C=N–C) groups is 2. The van der Waals surface area contributed by atoms with Crippen LogP contribution in [0, 0.1) is 5.82 Å². The number of amidine groups is 1. The number of allylic oxidation sites excluding steroid dienone is 1. The lowest BCUT2D eigenvalue weighted by Gasteiger charge is -2.10. The first-order chi connectivity index (χ1) is 9.60. The Bertz CT molecular complexity index is 579. The fraction of sp³-hybridized carbons (Fsp3) is 0.0714. The molecule has 1 amide bonds. The molecule has 0 atom stereocenters.